The summed E-state index contributed by atoms with van der Waals surface area (Å²) in [5.74, 6) is -0.682. The third kappa shape index (κ3) is 6.04. The zero-order valence-electron chi connectivity index (χ0n) is 16.5. The fourth-order valence-electron chi connectivity index (χ4n) is 3.69. The predicted molar refractivity (Wildman–Crippen MR) is 112 cm³/mol. The molecular formula is C23H26ClFN2O2. The molecule has 0 bridgehead atoms. The molecule has 1 atom stereocenters. The molecule has 1 saturated carbocycles. The van der Waals surface area contributed by atoms with Crippen molar-refractivity contribution in [3.63, 3.8) is 0 Å². The van der Waals surface area contributed by atoms with E-state index in [2.05, 4.69) is 5.32 Å². The van der Waals surface area contributed by atoms with Gasteiger partial charge in [-0.1, -0.05) is 48.7 Å². The molecule has 0 spiro atoms. The Morgan fingerprint density at radius 1 is 1.14 bits per heavy atom. The number of hydrogen-bond donors (Lipinski definition) is 1. The van der Waals surface area contributed by atoms with Crippen molar-refractivity contribution in [1.29, 1.82) is 0 Å². The van der Waals surface area contributed by atoms with Gasteiger partial charge in [0.05, 0.1) is 6.42 Å². The zero-order valence-corrected chi connectivity index (χ0v) is 17.3. The predicted octanol–water partition coefficient (Wildman–Crippen LogP) is 4.50. The van der Waals surface area contributed by atoms with Crippen LogP contribution in [0.5, 0.6) is 0 Å². The van der Waals surface area contributed by atoms with Crippen molar-refractivity contribution in [2.45, 2.75) is 57.7 Å². The van der Waals surface area contributed by atoms with Gasteiger partial charge >= 0.3 is 0 Å². The summed E-state index contributed by atoms with van der Waals surface area (Å²) >= 11 is 6.09. The minimum atomic E-state index is -0.623. The molecule has 154 valence electrons. The van der Waals surface area contributed by atoms with Gasteiger partial charge in [0.15, 0.2) is 0 Å². The van der Waals surface area contributed by atoms with Gasteiger partial charge in [-0.15, -0.1) is 0 Å². The molecule has 2 aromatic rings. The largest absolute Gasteiger partial charge is 0.352 e. The Labute approximate surface area is 176 Å². The van der Waals surface area contributed by atoms with Crippen molar-refractivity contribution < 1.29 is 14.0 Å². The van der Waals surface area contributed by atoms with Crippen LogP contribution < -0.4 is 5.32 Å². The summed E-state index contributed by atoms with van der Waals surface area (Å²) in [6.07, 6.45) is 4.30. The maximum atomic E-state index is 13.2. The fraction of sp³-hybridized carbons (Fsp3) is 0.391. The highest BCUT2D eigenvalue weighted by Gasteiger charge is 2.28. The Morgan fingerprint density at radius 2 is 1.83 bits per heavy atom. The highest BCUT2D eigenvalue weighted by molar-refractivity contribution is 6.30. The molecule has 0 radical (unpaired) electrons. The molecule has 2 aromatic carbocycles. The van der Waals surface area contributed by atoms with E-state index in [1.54, 1.807) is 36.1 Å². The fourth-order valence-corrected chi connectivity index (χ4v) is 3.90. The van der Waals surface area contributed by atoms with Crippen molar-refractivity contribution in [1.82, 2.24) is 10.2 Å². The van der Waals surface area contributed by atoms with Gasteiger partial charge in [-0.25, -0.2) is 4.39 Å². The van der Waals surface area contributed by atoms with Gasteiger partial charge in [-0.3, -0.25) is 9.59 Å². The Bertz CT molecular complexity index is 850. The molecule has 1 fully saturated rings. The van der Waals surface area contributed by atoms with E-state index < -0.39 is 6.04 Å². The van der Waals surface area contributed by atoms with Crippen LogP contribution in [0.2, 0.25) is 5.02 Å². The first-order valence-corrected chi connectivity index (χ1v) is 10.4. The Hall–Kier alpha value is -2.40. The average Bonchev–Trinajstić information content (AvgIpc) is 3.20. The highest BCUT2D eigenvalue weighted by atomic mass is 35.5. The molecule has 0 heterocycles. The summed E-state index contributed by atoms with van der Waals surface area (Å²) in [6.45, 7) is 2.03. The minimum Gasteiger partial charge on any atom is -0.352 e. The third-order valence-electron chi connectivity index (χ3n) is 5.38. The van der Waals surface area contributed by atoms with Gasteiger partial charge in [-0.05, 0) is 55.2 Å². The summed E-state index contributed by atoms with van der Waals surface area (Å²) in [4.78, 5) is 27.5. The van der Waals surface area contributed by atoms with E-state index in [-0.39, 0.29) is 36.6 Å². The normalized spacial score (nSPS) is 15.1. The van der Waals surface area contributed by atoms with Gasteiger partial charge in [0, 0.05) is 17.6 Å². The zero-order chi connectivity index (χ0) is 20.8. The molecule has 6 heteroatoms. The van der Waals surface area contributed by atoms with Crippen LogP contribution >= 0.6 is 11.6 Å². The maximum absolute atomic E-state index is 13.2. The summed E-state index contributed by atoms with van der Waals surface area (Å²) in [6, 6.07) is 12.7. The molecule has 29 heavy (non-hydrogen) atoms. The van der Waals surface area contributed by atoms with Crippen LogP contribution in [0.25, 0.3) is 0 Å². The topological polar surface area (TPSA) is 49.4 Å². The SMILES string of the molecule is C[C@@H](C(=O)NC1CCCC1)N(Cc1cccc(Cl)c1)C(=O)Cc1ccc(F)cc1. The van der Waals surface area contributed by atoms with E-state index in [1.807, 2.05) is 12.1 Å². The number of hydrogen-bond acceptors (Lipinski definition) is 2. The summed E-state index contributed by atoms with van der Waals surface area (Å²) in [5, 5.41) is 3.65. The molecule has 1 aliphatic carbocycles. The number of nitrogens with one attached hydrogen (secondary N) is 1. The van der Waals surface area contributed by atoms with Crippen molar-refractivity contribution in [3.8, 4) is 0 Å². The van der Waals surface area contributed by atoms with Gasteiger partial charge in [0.2, 0.25) is 11.8 Å². The van der Waals surface area contributed by atoms with Crippen LogP contribution in [0.4, 0.5) is 4.39 Å². The first-order valence-electron chi connectivity index (χ1n) is 10.0. The number of rotatable bonds is 7. The van der Waals surface area contributed by atoms with Crippen LogP contribution in [0.3, 0.4) is 0 Å². The van der Waals surface area contributed by atoms with Crippen LogP contribution in [0.1, 0.15) is 43.7 Å². The Balaban J connectivity index is 1.76. The highest BCUT2D eigenvalue weighted by Crippen LogP contribution is 2.19. The van der Waals surface area contributed by atoms with Gasteiger partial charge < -0.3 is 10.2 Å². The molecule has 0 aromatic heterocycles. The van der Waals surface area contributed by atoms with E-state index in [1.165, 1.54) is 12.1 Å². The number of carbonyl (C=O) groups excluding carboxylic acids is 2. The molecule has 1 N–H and O–H groups in total. The van der Waals surface area contributed by atoms with E-state index in [0.717, 1.165) is 31.2 Å². The van der Waals surface area contributed by atoms with Crippen LogP contribution in [0, 0.1) is 5.82 Å². The molecule has 2 amide bonds. The van der Waals surface area contributed by atoms with Crippen LogP contribution in [-0.2, 0) is 22.6 Å². The van der Waals surface area contributed by atoms with Crippen molar-refractivity contribution in [3.05, 3.63) is 70.5 Å². The van der Waals surface area contributed by atoms with Gasteiger partial charge in [0.1, 0.15) is 11.9 Å². The van der Waals surface area contributed by atoms with E-state index in [4.69, 9.17) is 11.6 Å². The van der Waals surface area contributed by atoms with Crippen LogP contribution in [-0.4, -0.2) is 28.8 Å². The lowest BCUT2D eigenvalue weighted by atomic mass is 10.1. The second-order valence-corrected chi connectivity index (χ2v) is 8.06. The number of amides is 2. The molecule has 1 aliphatic rings. The smallest absolute Gasteiger partial charge is 0.242 e. The lowest BCUT2D eigenvalue weighted by molar-refractivity contribution is -0.140. The van der Waals surface area contributed by atoms with Gasteiger partial charge in [-0.2, -0.15) is 0 Å². The molecule has 0 aliphatic heterocycles. The first-order chi connectivity index (χ1) is 13.9. The van der Waals surface area contributed by atoms with Crippen LogP contribution in [0.15, 0.2) is 48.5 Å². The Kier molecular flexibility index (Phi) is 7.26. The summed E-state index contributed by atoms with van der Waals surface area (Å²) in [5.41, 5.74) is 1.56. The summed E-state index contributed by atoms with van der Waals surface area (Å²) in [7, 11) is 0. The molecule has 0 unspecified atom stereocenters. The van der Waals surface area contributed by atoms with Gasteiger partial charge in [0.25, 0.3) is 0 Å². The van der Waals surface area contributed by atoms with Crippen molar-refractivity contribution in [2.24, 2.45) is 0 Å². The van der Waals surface area contributed by atoms with E-state index >= 15 is 0 Å². The second-order valence-electron chi connectivity index (χ2n) is 7.62. The number of carbonyl (C=O) groups is 2. The number of halogens is 2. The lowest BCUT2D eigenvalue weighted by Crippen LogP contribution is -2.50. The van der Waals surface area contributed by atoms with E-state index in [0.29, 0.717) is 10.6 Å². The molecule has 0 saturated heterocycles. The number of nitrogens with zero attached hydrogens (tertiary/aromatic N) is 1. The standard InChI is InChI=1S/C23H26ClFN2O2/c1-16(23(29)26-21-7-2-3-8-21)27(15-18-5-4-6-19(24)13-18)22(28)14-17-9-11-20(25)12-10-17/h4-6,9-13,16,21H,2-3,7-8,14-15H2,1H3,(H,26,29)/t16-/m0/s1. The molecule has 3 rings (SSSR count). The average molecular weight is 417 g/mol. The second kappa shape index (κ2) is 9.88. The lowest BCUT2D eigenvalue weighted by Gasteiger charge is -2.30. The monoisotopic (exact) mass is 416 g/mol. The Morgan fingerprint density at radius 3 is 2.48 bits per heavy atom. The quantitative estimate of drug-likeness (QED) is 0.722. The molecular weight excluding hydrogens is 391 g/mol. The number of benzene rings is 2. The van der Waals surface area contributed by atoms with Crippen molar-refractivity contribution in [2.75, 3.05) is 0 Å². The maximum Gasteiger partial charge on any atom is 0.242 e. The van der Waals surface area contributed by atoms with E-state index in [9.17, 15) is 14.0 Å². The molecule has 4 nitrogen and oxygen atoms in total. The summed E-state index contributed by atoms with van der Waals surface area (Å²) < 4.78 is 13.2. The third-order valence-corrected chi connectivity index (χ3v) is 5.61. The van der Waals surface area contributed by atoms with Crippen molar-refractivity contribution >= 4 is 23.4 Å². The first kappa shape index (κ1) is 21.3. The minimum absolute atomic E-state index is 0.0991.